The summed E-state index contributed by atoms with van der Waals surface area (Å²) in [5, 5.41) is 11.1. The Morgan fingerprint density at radius 1 is 1.00 bits per heavy atom. The van der Waals surface area contributed by atoms with Gasteiger partial charge in [0.1, 0.15) is 0 Å². The van der Waals surface area contributed by atoms with E-state index in [1.807, 2.05) is 26.0 Å². The van der Waals surface area contributed by atoms with Crippen molar-refractivity contribution in [3.63, 3.8) is 0 Å². The topological polar surface area (TPSA) is 49.6 Å². The lowest BCUT2D eigenvalue weighted by Gasteiger charge is -2.41. The zero-order valence-electron chi connectivity index (χ0n) is 14.3. The molecule has 2 fully saturated rings. The van der Waals surface area contributed by atoms with Crippen molar-refractivity contribution < 1.29 is 4.92 Å². The molecule has 0 radical (unpaired) electrons. The molecule has 0 saturated carbocycles. The van der Waals surface area contributed by atoms with Crippen molar-refractivity contribution in [1.82, 2.24) is 4.90 Å². The zero-order chi connectivity index (χ0) is 16.4. The van der Waals surface area contributed by atoms with Crippen LogP contribution in [0, 0.1) is 24.0 Å². The number of likely N-dealkylation sites (tertiary alicyclic amines) is 1. The molecule has 0 spiro atoms. The fraction of sp³-hybridized carbons (Fsp3) is 0.667. The minimum absolute atomic E-state index is 0.261. The molecule has 2 aliphatic rings. The molecule has 0 N–H and O–H groups in total. The number of aryl methyl sites for hydroxylation is 2. The van der Waals surface area contributed by atoms with Gasteiger partial charge in [-0.2, -0.15) is 0 Å². The van der Waals surface area contributed by atoms with Gasteiger partial charge in [-0.1, -0.05) is 6.42 Å². The van der Waals surface area contributed by atoms with E-state index in [9.17, 15) is 10.1 Å². The fourth-order valence-electron chi connectivity index (χ4n) is 4.18. The van der Waals surface area contributed by atoms with Gasteiger partial charge >= 0.3 is 0 Å². The summed E-state index contributed by atoms with van der Waals surface area (Å²) in [6.45, 7) is 8.32. The van der Waals surface area contributed by atoms with Crippen molar-refractivity contribution in [3.8, 4) is 0 Å². The molecular weight excluding hydrogens is 290 g/mol. The monoisotopic (exact) mass is 317 g/mol. The van der Waals surface area contributed by atoms with E-state index >= 15 is 0 Å². The van der Waals surface area contributed by atoms with E-state index < -0.39 is 0 Å². The first-order valence-electron chi connectivity index (χ1n) is 8.81. The molecule has 0 amide bonds. The Bertz CT molecular complexity index is 551. The Hall–Kier alpha value is -1.62. The van der Waals surface area contributed by atoms with Gasteiger partial charge in [-0.15, -0.1) is 0 Å². The lowest BCUT2D eigenvalue weighted by molar-refractivity contribution is -0.386. The number of piperidine rings is 2. The average Bonchev–Trinajstić information content (AvgIpc) is 2.55. The van der Waals surface area contributed by atoms with Crippen LogP contribution in [0.25, 0.3) is 0 Å². The van der Waals surface area contributed by atoms with Crippen molar-refractivity contribution in [2.24, 2.45) is 0 Å². The quantitative estimate of drug-likeness (QED) is 0.630. The number of hydrogen-bond donors (Lipinski definition) is 0. The van der Waals surface area contributed by atoms with Gasteiger partial charge in [-0.05, 0) is 64.8 Å². The molecule has 2 saturated heterocycles. The van der Waals surface area contributed by atoms with Crippen LogP contribution in [0.2, 0.25) is 0 Å². The molecule has 2 heterocycles. The van der Waals surface area contributed by atoms with Crippen molar-refractivity contribution in [2.75, 3.05) is 31.1 Å². The number of anilines is 1. The predicted octanol–water partition coefficient (Wildman–Crippen LogP) is 3.67. The molecule has 1 aromatic rings. The lowest BCUT2D eigenvalue weighted by atomic mass is 9.98. The maximum Gasteiger partial charge on any atom is 0.275 e. The van der Waals surface area contributed by atoms with E-state index in [2.05, 4.69) is 9.80 Å². The molecular formula is C18H27N3O2. The molecule has 2 aliphatic heterocycles. The first-order valence-corrected chi connectivity index (χ1v) is 8.81. The summed E-state index contributed by atoms with van der Waals surface area (Å²) >= 11 is 0. The smallest absolute Gasteiger partial charge is 0.275 e. The van der Waals surface area contributed by atoms with Crippen molar-refractivity contribution in [2.45, 2.75) is 52.0 Å². The zero-order valence-corrected chi connectivity index (χ0v) is 14.3. The van der Waals surface area contributed by atoms with Crippen LogP contribution in [0.5, 0.6) is 0 Å². The third-order valence-electron chi connectivity index (χ3n) is 5.40. The summed E-state index contributed by atoms with van der Waals surface area (Å²) in [6, 6.07) is 4.69. The summed E-state index contributed by atoms with van der Waals surface area (Å²) in [5.74, 6) is 0. The number of benzene rings is 1. The van der Waals surface area contributed by atoms with Crippen molar-refractivity contribution in [1.29, 1.82) is 0 Å². The van der Waals surface area contributed by atoms with Gasteiger partial charge in [-0.25, -0.2) is 0 Å². The molecule has 5 nitrogen and oxygen atoms in total. The van der Waals surface area contributed by atoms with E-state index in [0.29, 0.717) is 0 Å². The number of nitro groups is 1. The first kappa shape index (κ1) is 16.2. The molecule has 5 heteroatoms. The Balaban J connectivity index is 1.66. The van der Waals surface area contributed by atoms with Crippen LogP contribution in [-0.2, 0) is 0 Å². The Labute approximate surface area is 138 Å². The molecule has 0 bridgehead atoms. The lowest BCUT2D eigenvalue weighted by Crippen LogP contribution is -2.46. The maximum absolute atomic E-state index is 11.1. The minimum atomic E-state index is -0.267. The Morgan fingerprint density at radius 3 is 2.09 bits per heavy atom. The largest absolute Gasteiger partial charge is 0.371 e. The first-order chi connectivity index (χ1) is 11.1. The highest BCUT2D eigenvalue weighted by atomic mass is 16.6. The summed E-state index contributed by atoms with van der Waals surface area (Å²) in [7, 11) is 0. The second-order valence-electron chi connectivity index (χ2n) is 7.00. The fourth-order valence-corrected chi connectivity index (χ4v) is 4.18. The van der Waals surface area contributed by atoms with Gasteiger partial charge in [0.05, 0.1) is 4.92 Å². The number of hydrogen-bond acceptors (Lipinski definition) is 4. The van der Waals surface area contributed by atoms with E-state index in [0.717, 1.165) is 35.9 Å². The summed E-state index contributed by atoms with van der Waals surface area (Å²) < 4.78 is 0. The average molecular weight is 317 g/mol. The number of rotatable bonds is 3. The molecule has 3 rings (SSSR count). The van der Waals surface area contributed by atoms with Crippen LogP contribution in [0.15, 0.2) is 12.1 Å². The van der Waals surface area contributed by atoms with Crippen LogP contribution >= 0.6 is 0 Å². The molecule has 0 aromatic heterocycles. The maximum atomic E-state index is 11.1. The van der Waals surface area contributed by atoms with E-state index in [-0.39, 0.29) is 10.6 Å². The molecule has 23 heavy (non-hydrogen) atoms. The molecule has 126 valence electrons. The van der Waals surface area contributed by atoms with Crippen LogP contribution in [0.3, 0.4) is 0 Å². The summed E-state index contributed by atoms with van der Waals surface area (Å²) in [4.78, 5) is 15.9. The Morgan fingerprint density at radius 2 is 1.57 bits per heavy atom. The van der Waals surface area contributed by atoms with Gasteiger partial charge in [-0.3, -0.25) is 10.1 Å². The number of nitrogens with zero attached hydrogens (tertiary/aromatic N) is 3. The SMILES string of the molecule is Cc1cc(N2CCC(N3CCCCC3)CC2)cc(C)c1[N+](=O)[O-]. The van der Waals surface area contributed by atoms with Gasteiger partial charge in [0.25, 0.3) is 5.69 Å². The second-order valence-corrected chi connectivity index (χ2v) is 7.00. The minimum Gasteiger partial charge on any atom is -0.371 e. The molecule has 1 aromatic carbocycles. The Kier molecular flexibility index (Phi) is 4.85. The van der Waals surface area contributed by atoms with E-state index in [1.165, 1.54) is 45.2 Å². The second kappa shape index (κ2) is 6.87. The number of nitro benzene ring substituents is 1. The molecule has 0 atom stereocenters. The van der Waals surface area contributed by atoms with Crippen molar-refractivity contribution in [3.05, 3.63) is 33.4 Å². The van der Waals surface area contributed by atoms with Gasteiger partial charge in [0.2, 0.25) is 0 Å². The summed E-state index contributed by atoms with van der Waals surface area (Å²) in [6.07, 6.45) is 6.49. The van der Waals surface area contributed by atoms with Gasteiger partial charge < -0.3 is 9.80 Å². The van der Waals surface area contributed by atoms with Crippen LogP contribution in [0.4, 0.5) is 11.4 Å². The van der Waals surface area contributed by atoms with E-state index in [4.69, 9.17) is 0 Å². The molecule has 0 unspecified atom stereocenters. The van der Waals surface area contributed by atoms with Crippen LogP contribution < -0.4 is 4.90 Å². The standard InChI is InChI=1S/C18H27N3O2/c1-14-12-17(13-15(2)18(14)21(22)23)20-10-6-16(7-11-20)19-8-4-3-5-9-19/h12-13,16H,3-11H2,1-2H3. The normalized spacial score (nSPS) is 20.7. The predicted molar refractivity (Wildman–Crippen MR) is 93.2 cm³/mol. The third-order valence-corrected chi connectivity index (χ3v) is 5.40. The highest BCUT2D eigenvalue weighted by molar-refractivity contribution is 5.59. The van der Waals surface area contributed by atoms with Gasteiger partial charge in [0.15, 0.2) is 0 Å². The summed E-state index contributed by atoms with van der Waals surface area (Å²) in [5.41, 5.74) is 2.94. The molecule has 0 aliphatic carbocycles. The van der Waals surface area contributed by atoms with Gasteiger partial charge in [0, 0.05) is 35.9 Å². The highest BCUT2D eigenvalue weighted by Gasteiger charge is 2.26. The van der Waals surface area contributed by atoms with Crippen LogP contribution in [0.1, 0.15) is 43.2 Å². The van der Waals surface area contributed by atoms with E-state index in [1.54, 1.807) is 0 Å². The third kappa shape index (κ3) is 3.50. The highest BCUT2D eigenvalue weighted by Crippen LogP contribution is 2.31. The van der Waals surface area contributed by atoms with Crippen LogP contribution in [-0.4, -0.2) is 42.0 Å². The van der Waals surface area contributed by atoms with Crippen molar-refractivity contribution >= 4 is 11.4 Å².